The Morgan fingerprint density at radius 1 is 1.08 bits per heavy atom. The summed E-state index contributed by atoms with van der Waals surface area (Å²) in [6, 6.07) is 10.1. The van der Waals surface area contributed by atoms with Gasteiger partial charge in [-0.15, -0.1) is 4.41 Å². The van der Waals surface area contributed by atoms with Gasteiger partial charge in [0.15, 0.2) is 0 Å². The summed E-state index contributed by atoms with van der Waals surface area (Å²) in [5, 5.41) is 9.53. The number of rotatable bonds is 4. The highest BCUT2D eigenvalue weighted by Crippen LogP contribution is 2.28. The molecule has 1 amide bonds. The Bertz CT molecular complexity index is 1130. The number of amides is 1. The monoisotopic (exact) mass is 398 g/mol. The van der Waals surface area contributed by atoms with Crippen molar-refractivity contribution in [3.05, 3.63) is 59.7 Å². The van der Waals surface area contributed by atoms with Crippen molar-refractivity contribution in [2.24, 2.45) is 0 Å². The van der Waals surface area contributed by atoms with E-state index >= 15 is 0 Å². The van der Waals surface area contributed by atoms with Crippen LogP contribution in [0, 0.1) is 0 Å². The summed E-state index contributed by atoms with van der Waals surface area (Å²) in [5.41, 5.74) is -0.695. The van der Waals surface area contributed by atoms with Crippen LogP contribution < -0.4 is 4.83 Å². The first-order valence-corrected chi connectivity index (χ1v) is 9.71. The van der Waals surface area contributed by atoms with Gasteiger partial charge in [0.1, 0.15) is 16.2 Å². The van der Waals surface area contributed by atoms with Crippen LogP contribution in [0.25, 0.3) is 0 Å². The quantitative estimate of drug-likeness (QED) is 0.739. The third-order valence-corrected chi connectivity index (χ3v) is 5.87. The van der Waals surface area contributed by atoms with Crippen molar-refractivity contribution in [2.45, 2.75) is 4.90 Å². The zero-order chi connectivity index (χ0) is 19.1. The summed E-state index contributed by atoms with van der Waals surface area (Å²) in [4.78, 5) is 25.0. The maximum absolute atomic E-state index is 12.3. The Hall–Kier alpha value is -2.96. The van der Waals surface area contributed by atoms with Gasteiger partial charge in [-0.05, 0) is 24.3 Å². The van der Waals surface area contributed by atoms with Crippen LogP contribution in [0.2, 0.25) is 0 Å². The normalized spacial score (nSPS) is 15.5. The van der Waals surface area contributed by atoms with Crippen molar-refractivity contribution in [2.75, 3.05) is 0 Å². The molecule has 0 bridgehead atoms. The lowest BCUT2D eigenvalue weighted by atomic mass is 10.2. The maximum atomic E-state index is 12.3. The van der Waals surface area contributed by atoms with E-state index in [1.807, 2.05) is 0 Å². The molecule has 0 saturated carbocycles. The lowest BCUT2D eigenvalue weighted by Crippen LogP contribution is -2.46. The van der Waals surface area contributed by atoms with Crippen molar-refractivity contribution in [1.29, 1.82) is 0 Å². The SMILES string of the molecule is O=C(OS(=O)(=O)NN1C(=O)c2ccccc2S1(=O)=O)c1ccccc1O. The number of nitrogens with zero attached hydrogens (tertiary/aromatic N) is 1. The molecule has 0 aliphatic carbocycles. The number of hydrogen-bond donors (Lipinski definition) is 2. The van der Waals surface area contributed by atoms with Gasteiger partial charge in [-0.3, -0.25) is 4.79 Å². The van der Waals surface area contributed by atoms with Gasteiger partial charge in [-0.25, -0.2) is 4.79 Å². The number of fused-ring (bicyclic) bond motifs is 1. The second kappa shape index (κ2) is 6.09. The van der Waals surface area contributed by atoms with Gasteiger partial charge < -0.3 is 9.29 Å². The van der Waals surface area contributed by atoms with Gasteiger partial charge in [0, 0.05) is 0 Å². The van der Waals surface area contributed by atoms with Gasteiger partial charge >= 0.3 is 16.3 Å². The Labute approximate surface area is 147 Å². The molecule has 1 heterocycles. The molecule has 0 aromatic heterocycles. The summed E-state index contributed by atoms with van der Waals surface area (Å²) in [5.74, 6) is -3.15. The maximum Gasteiger partial charge on any atom is 0.403 e. The molecule has 2 aromatic rings. The molecule has 2 aromatic carbocycles. The van der Waals surface area contributed by atoms with E-state index in [0.717, 1.165) is 18.2 Å². The molecule has 0 atom stereocenters. The zero-order valence-corrected chi connectivity index (χ0v) is 14.3. The van der Waals surface area contributed by atoms with Gasteiger partial charge in [0.2, 0.25) is 0 Å². The molecule has 10 nitrogen and oxygen atoms in total. The molecule has 0 fully saturated rings. The van der Waals surface area contributed by atoms with E-state index in [9.17, 15) is 31.5 Å². The average molecular weight is 398 g/mol. The molecule has 0 unspecified atom stereocenters. The van der Waals surface area contributed by atoms with Gasteiger partial charge in [-0.2, -0.15) is 16.8 Å². The number of phenols is 1. The van der Waals surface area contributed by atoms with E-state index in [4.69, 9.17) is 0 Å². The molecular weight excluding hydrogens is 388 g/mol. The lowest BCUT2D eigenvalue weighted by molar-refractivity contribution is 0.0722. The van der Waals surface area contributed by atoms with E-state index < -0.39 is 43.5 Å². The molecule has 0 spiro atoms. The van der Waals surface area contributed by atoms with Crippen molar-refractivity contribution < 1.29 is 35.7 Å². The summed E-state index contributed by atoms with van der Waals surface area (Å²) in [6.07, 6.45) is 0. The number of sulfonamides is 1. The highest BCUT2D eigenvalue weighted by atomic mass is 32.2. The van der Waals surface area contributed by atoms with Crippen molar-refractivity contribution in [3.63, 3.8) is 0 Å². The summed E-state index contributed by atoms with van der Waals surface area (Å²) in [7, 11) is -9.52. The fraction of sp³-hybridized carbons (Fsp3) is 0. The van der Waals surface area contributed by atoms with Crippen molar-refractivity contribution in [1.82, 2.24) is 9.25 Å². The number of nitrogens with one attached hydrogen (secondary N) is 1. The number of carbonyl (C=O) groups is 2. The predicted molar refractivity (Wildman–Crippen MR) is 85.4 cm³/mol. The molecular formula is C14H10N2O8S2. The first-order valence-electron chi connectivity index (χ1n) is 6.86. The predicted octanol–water partition coefficient (Wildman–Crippen LogP) is 0.143. The van der Waals surface area contributed by atoms with Gasteiger partial charge in [0.05, 0.1) is 5.56 Å². The van der Waals surface area contributed by atoms with E-state index in [1.54, 1.807) is 0 Å². The van der Waals surface area contributed by atoms with Crippen LogP contribution in [-0.2, 0) is 24.5 Å². The Kier molecular flexibility index (Phi) is 4.18. The third-order valence-electron chi connectivity index (χ3n) is 3.32. The molecule has 26 heavy (non-hydrogen) atoms. The molecule has 1 aliphatic heterocycles. The topological polar surface area (TPSA) is 147 Å². The van der Waals surface area contributed by atoms with E-state index in [2.05, 4.69) is 4.18 Å². The lowest BCUT2D eigenvalue weighted by Gasteiger charge is -2.15. The summed E-state index contributed by atoms with van der Waals surface area (Å²) in [6.45, 7) is 0. The zero-order valence-electron chi connectivity index (χ0n) is 12.7. The van der Waals surface area contributed by atoms with Crippen LogP contribution in [0.4, 0.5) is 0 Å². The van der Waals surface area contributed by atoms with E-state index in [-0.39, 0.29) is 14.9 Å². The minimum Gasteiger partial charge on any atom is -0.507 e. The van der Waals surface area contributed by atoms with Gasteiger partial charge in [-0.1, -0.05) is 29.1 Å². The number of phenolic OH excluding ortho intramolecular Hbond substituents is 1. The molecule has 12 heteroatoms. The first kappa shape index (κ1) is 17.8. The van der Waals surface area contributed by atoms with Crippen LogP contribution in [0.3, 0.4) is 0 Å². The average Bonchev–Trinajstić information content (AvgIpc) is 2.76. The minimum atomic E-state index is -5.04. The first-order chi connectivity index (χ1) is 12.1. The number of aromatic hydroxyl groups is 1. The molecule has 3 rings (SSSR count). The Morgan fingerprint density at radius 3 is 2.35 bits per heavy atom. The number of carbonyl (C=O) groups excluding carboxylic acids is 2. The van der Waals surface area contributed by atoms with Crippen LogP contribution in [-0.4, -0.2) is 38.2 Å². The van der Waals surface area contributed by atoms with Crippen LogP contribution >= 0.6 is 0 Å². The van der Waals surface area contributed by atoms with Crippen LogP contribution in [0.5, 0.6) is 5.75 Å². The standard InChI is InChI=1S/C14H10N2O8S2/c17-11-7-3-1-5-9(11)14(19)24-26(22,23)15-16-13(18)10-6-2-4-8-12(10)25(16,20)21/h1-8,15,17H. The highest BCUT2D eigenvalue weighted by Gasteiger charge is 2.44. The molecule has 0 radical (unpaired) electrons. The van der Waals surface area contributed by atoms with E-state index in [1.165, 1.54) is 35.2 Å². The Balaban J connectivity index is 1.86. The molecule has 1 aliphatic rings. The molecule has 136 valence electrons. The Morgan fingerprint density at radius 2 is 1.69 bits per heavy atom. The third kappa shape index (κ3) is 3.00. The van der Waals surface area contributed by atoms with Crippen molar-refractivity contribution in [3.8, 4) is 5.75 Å². The number of para-hydroxylation sites is 1. The van der Waals surface area contributed by atoms with Crippen LogP contribution in [0.15, 0.2) is 53.4 Å². The number of hydrogen-bond acceptors (Lipinski definition) is 8. The minimum absolute atomic E-state index is 0.134. The molecule has 2 N–H and O–H groups in total. The van der Waals surface area contributed by atoms with Gasteiger partial charge in [0.25, 0.3) is 15.9 Å². The second-order valence-electron chi connectivity index (χ2n) is 5.00. The summed E-state index contributed by atoms with van der Waals surface area (Å²) < 4.78 is 52.6. The molecule has 0 saturated heterocycles. The fourth-order valence-electron chi connectivity index (χ4n) is 2.19. The number of hydrazine groups is 1. The summed E-state index contributed by atoms with van der Waals surface area (Å²) >= 11 is 0. The highest BCUT2D eigenvalue weighted by molar-refractivity contribution is 7.91. The largest absolute Gasteiger partial charge is 0.507 e. The van der Waals surface area contributed by atoms with E-state index in [0.29, 0.717) is 0 Å². The second-order valence-corrected chi connectivity index (χ2v) is 8.02. The van der Waals surface area contributed by atoms with Crippen molar-refractivity contribution >= 4 is 32.2 Å². The van der Waals surface area contributed by atoms with Crippen LogP contribution in [0.1, 0.15) is 20.7 Å². The fourth-order valence-corrected chi connectivity index (χ4v) is 4.66. The smallest absolute Gasteiger partial charge is 0.403 e. The number of benzene rings is 2.